The van der Waals surface area contributed by atoms with Crippen molar-refractivity contribution in [2.24, 2.45) is 11.8 Å². The van der Waals surface area contributed by atoms with Gasteiger partial charge in [0.15, 0.2) is 0 Å². The standard InChI is InChI=1S/C13H23NO3/c1-9(2)10-4-11(5-10)14-7-13(3,8-14)17-6-12(15)16/h9-11H,4-8H2,1-3H3,(H,15,16). The molecule has 0 atom stereocenters. The molecule has 0 aromatic heterocycles. The molecule has 0 spiro atoms. The number of ether oxygens (including phenoxy) is 1. The summed E-state index contributed by atoms with van der Waals surface area (Å²) in [6.45, 7) is 8.17. The van der Waals surface area contributed by atoms with Crippen molar-refractivity contribution in [1.82, 2.24) is 4.90 Å². The molecule has 2 aliphatic rings. The zero-order chi connectivity index (χ0) is 12.6. The zero-order valence-electron chi connectivity index (χ0n) is 11.0. The van der Waals surface area contributed by atoms with Crippen LogP contribution >= 0.6 is 0 Å². The summed E-state index contributed by atoms with van der Waals surface area (Å²) in [6, 6.07) is 0.712. The topological polar surface area (TPSA) is 49.8 Å². The van der Waals surface area contributed by atoms with Crippen molar-refractivity contribution in [1.29, 1.82) is 0 Å². The Hall–Kier alpha value is -0.610. The van der Waals surface area contributed by atoms with Crippen molar-refractivity contribution in [3.63, 3.8) is 0 Å². The number of carboxylic acid groups (broad SMARTS) is 1. The first kappa shape index (κ1) is 12.8. The van der Waals surface area contributed by atoms with Crippen LogP contribution in [0.5, 0.6) is 0 Å². The van der Waals surface area contributed by atoms with Crippen LogP contribution in [0.1, 0.15) is 33.6 Å². The van der Waals surface area contributed by atoms with E-state index < -0.39 is 5.97 Å². The number of carboxylic acids is 1. The van der Waals surface area contributed by atoms with E-state index in [1.807, 2.05) is 6.92 Å². The molecule has 2 fully saturated rings. The number of hydrogen-bond acceptors (Lipinski definition) is 3. The molecule has 0 unspecified atom stereocenters. The maximum absolute atomic E-state index is 10.4. The first-order chi connectivity index (χ1) is 7.89. The molecule has 1 saturated carbocycles. The van der Waals surface area contributed by atoms with Gasteiger partial charge >= 0.3 is 5.97 Å². The van der Waals surface area contributed by atoms with Crippen LogP contribution in [0.2, 0.25) is 0 Å². The van der Waals surface area contributed by atoms with E-state index in [9.17, 15) is 4.79 Å². The van der Waals surface area contributed by atoms with E-state index in [0.717, 1.165) is 24.9 Å². The van der Waals surface area contributed by atoms with Crippen molar-refractivity contribution < 1.29 is 14.6 Å². The van der Waals surface area contributed by atoms with Gasteiger partial charge in [-0.3, -0.25) is 4.90 Å². The zero-order valence-corrected chi connectivity index (χ0v) is 11.0. The smallest absolute Gasteiger partial charge is 0.329 e. The minimum Gasteiger partial charge on any atom is -0.480 e. The number of hydrogen-bond donors (Lipinski definition) is 1. The van der Waals surface area contributed by atoms with Gasteiger partial charge in [0, 0.05) is 19.1 Å². The third-order valence-corrected chi connectivity index (χ3v) is 4.23. The normalized spacial score (nSPS) is 32.0. The van der Waals surface area contributed by atoms with Gasteiger partial charge in [0.25, 0.3) is 0 Å². The lowest BCUT2D eigenvalue weighted by atomic mass is 9.71. The molecule has 17 heavy (non-hydrogen) atoms. The molecule has 4 heteroatoms. The van der Waals surface area contributed by atoms with Crippen LogP contribution in [0.15, 0.2) is 0 Å². The van der Waals surface area contributed by atoms with Crippen molar-refractivity contribution in [2.75, 3.05) is 19.7 Å². The van der Waals surface area contributed by atoms with Crippen LogP contribution in [-0.4, -0.2) is 47.3 Å². The molecule has 4 nitrogen and oxygen atoms in total. The van der Waals surface area contributed by atoms with Crippen molar-refractivity contribution in [3.05, 3.63) is 0 Å². The molecule has 2 rings (SSSR count). The molecule has 1 N–H and O–H groups in total. The fourth-order valence-corrected chi connectivity index (χ4v) is 2.87. The molecule has 0 radical (unpaired) electrons. The lowest BCUT2D eigenvalue weighted by Crippen LogP contribution is -2.66. The Balaban J connectivity index is 1.67. The van der Waals surface area contributed by atoms with Gasteiger partial charge in [-0.15, -0.1) is 0 Å². The summed E-state index contributed by atoms with van der Waals surface area (Å²) in [5, 5.41) is 8.59. The summed E-state index contributed by atoms with van der Waals surface area (Å²) >= 11 is 0. The SMILES string of the molecule is CC(C)C1CC(N2CC(C)(OCC(=O)O)C2)C1. The minimum atomic E-state index is -0.881. The average molecular weight is 241 g/mol. The van der Waals surface area contributed by atoms with Crippen LogP contribution in [0.3, 0.4) is 0 Å². The third kappa shape index (κ3) is 2.80. The van der Waals surface area contributed by atoms with E-state index in [1.165, 1.54) is 12.8 Å². The first-order valence-electron chi connectivity index (χ1n) is 6.49. The van der Waals surface area contributed by atoms with Gasteiger partial charge in [0.05, 0.1) is 5.60 Å². The second-order valence-corrected chi connectivity index (χ2v) is 6.17. The second kappa shape index (κ2) is 4.58. The van der Waals surface area contributed by atoms with Crippen molar-refractivity contribution >= 4 is 5.97 Å². The van der Waals surface area contributed by atoms with Crippen LogP contribution in [0.4, 0.5) is 0 Å². The van der Waals surface area contributed by atoms with Crippen LogP contribution < -0.4 is 0 Å². The predicted molar refractivity (Wildman–Crippen MR) is 64.9 cm³/mol. The lowest BCUT2D eigenvalue weighted by molar-refractivity contribution is -0.176. The molecular formula is C13H23NO3. The monoisotopic (exact) mass is 241 g/mol. The Morgan fingerprint density at radius 3 is 2.53 bits per heavy atom. The van der Waals surface area contributed by atoms with Gasteiger partial charge in [-0.2, -0.15) is 0 Å². The maximum atomic E-state index is 10.4. The molecule has 1 aliphatic heterocycles. The van der Waals surface area contributed by atoms with E-state index >= 15 is 0 Å². The highest BCUT2D eigenvalue weighted by molar-refractivity contribution is 5.68. The van der Waals surface area contributed by atoms with Gasteiger partial charge in [-0.25, -0.2) is 4.79 Å². The van der Waals surface area contributed by atoms with E-state index in [1.54, 1.807) is 0 Å². The minimum absolute atomic E-state index is 0.177. The van der Waals surface area contributed by atoms with Gasteiger partial charge in [-0.1, -0.05) is 13.8 Å². The van der Waals surface area contributed by atoms with Gasteiger partial charge < -0.3 is 9.84 Å². The molecule has 0 amide bonds. The fraction of sp³-hybridized carbons (Fsp3) is 0.923. The highest BCUT2D eigenvalue weighted by atomic mass is 16.5. The maximum Gasteiger partial charge on any atom is 0.329 e. The molecule has 0 bridgehead atoms. The molecule has 1 aliphatic carbocycles. The number of rotatable bonds is 5. The summed E-state index contributed by atoms with van der Waals surface area (Å²) < 4.78 is 5.41. The summed E-state index contributed by atoms with van der Waals surface area (Å²) in [4.78, 5) is 12.9. The summed E-state index contributed by atoms with van der Waals surface area (Å²) in [5.74, 6) is 0.794. The number of carbonyl (C=O) groups is 1. The number of likely N-dealkylation sites (tertiary alicyclic amines) is 1. The Morgan fingerprint density at radius 2 is 2.06 bits per heavy atom. The highest BCUT2D eigenvalue weighted by Gasteiger charge is 2.47. The van der Waals surface area contributed by atoms with Gasteiger partial charge in [-0.05, 0) is 31.6 Å². The molecule has 1 saturated heterocycles. The van der Waals surface area contributed by atoms with Crippen molar-refractivity contribution in [2.45, 2.75) is 45.3 Å². The molecular weight excluding hydrogens is 218 g/mol. The van der Waals surface area contributed by atoms with Crippen LogP contribution in [-0.2, 0) is 9.53 Å². The highest BCUT2D eigenvalue weighted by Crippen LogP contribution is 2.41. The molecule has 0 aromatic rings. The predicted octanol–water partition coefficient (Wildman–Crippen LogP) is 1.60. The van der Waals surface area contributed by atoms with Gasteiger partial charge in [0.1, 0.15) is 6.61 Å². The molecule has 1 heterocycles. The number of nitrogens with zero attached hydrogens (tertiary/aromatic N) is 1. The van der Waals surface area contributed by atoms with E-state index in [0.29, 0.717) is 6.04 Å². The third-order valence-electron chi connectivity index (χ3n) is 4.23. The largest absolute Gasteiger partial charge is 0.480 e. The fourth-order valence-electron chi connectivity index (χ4n) is 2.87. The van der Waals surface area contributed by atoms with E-state index in [-0.39, 0.29) is 12.2 Å². The lowest BCUT2D eigenvalue weighted by Gasteiger charge is -2.55. The van der Waals surface area contributed by atoms with E-state index in [4.69, 9.17) is 9.84 Å². The van der Waals surface area contributed by atoms with Crippen LogP contribution in [0, 0.1) is 11.8 Å². The van der Waals surface area contributed by atoms with Crippen molar-refractivity contribution in [3.8, 4) is 0 Å². The first-order valence-corrected chi connectivity index (χ1v) is 6.49. The Bertz CT molecular complexity index is 291. The average Bonchev–Trinajstić information content (AvgIpc) is 2.08. The second-order valence-electron chi connectivity index (χ2n) is 6.17. The van der Waals surface area contributed by atoms with Crippen LogP contribution in [0.25, 0.3) is 0 Å². The Kier molecular flexibility index (Phi) is 3.46. The van der Waals surface area contributed by atoms with Gasteiger partial charge in [0.2, 0.25) is 0 Å². The summed E-state index contributed by atoms with van der Waals surface area (Å²) in [7, 11) is 0. The molecule has 98 valence electrons. The van der Waals surface area contributed by atoms with E-state index in [2.05, 4.69) is 18.7 Å². The summed E-state index contributed by atoms with van der Waals surface area (Å²) in [6.07, 6.45) is 2.60. The number of aliphatic carboxylic acids is 1. The molecule has 0 aromatic carbocycles. The summed E-state index contributed by atoms with van der Waals surface area (Å²) in [5.41, 5.74) is -0.235. The Morgan fingerprint density at radius 1 is 1.47 bits per heavy atom. The quantitative estimate of drug-likeness (QED) is 0.794. The Labute approximate surface area is 103 Å².